The summed E-state index contributed by atoms with van der Waals surface area (Å²) in [6, 6.07) is 13.9. The first-order chi connectivity index (χ1) is 14.0. The van der Waals surface area contributed by atoms with Gasteiger partial charge in [-0.2, -0.15) is 0 Å². The Kier molecular flexibility index (Phi) is 5.26. The molecule has 2 saturated heterocycles. The van der Waals surface area contributed by atoms with E-state index in [9.17, 15) is 14.0 Å². The highest BCUT2D eigenvalue weighted by atomic mass is 19.1. The van der Waals surface area contributed by atoms with E-state index in [1.165, 1.54) is 12.1 Å². The third kappa shape index (κ3) is 3.84. The molecule has 2 amide bonds. The Hall–Kier alpha value is -2.89. The molecule has 0 N–H and O–H groups in total. The van der Waals surface area contributed by atoms with Gasteiger partial charge < -0.3 is 14.5 Å². The minimum atomic E-state index is -0.302. The molecule has 0 spiro atoms. The van der Waals surface area contributed by atoms with Crippen LogP contribution in [0.1, 0.15) is 24.1 Å². The van der Waals surface area contributed by atoms with Gasteiger partial charge in [-0.3, -0.25) is 9.59 Å². The normalized spacial score (nSPS) is 23.2. The van der Waals surface area contributed by atoms with Crippen molar-refractivity contribution >= 4 is 11.8 Å². The van der Waals surface area contributed by atoms with Gasteiger partial charge in [0, 0.05) is 38.4 Å². The van der Waals surface area contributed by atoms with Gasteiger partial charge in [-0.15, -0.1) is 0 Å². The number of rotatable bonds is 4. The van der Waals surface area contributed by atoms with Crippen molar-refractivity contribution in [3.05, 3.63) is 65.5 Å². The second-order valence-electron chi connectivity index (χ2n) is 7.92. The highest BCUT2D eigenvalue weighted by Gasteiger charge is 2.49. The Morgan fingerprint density at radius 1 is 1.03 bits per heavy atom. The van der Waals surface area contributed by atoms with Crippen LogP contribution in [0.3, 0.4) is 0 Å². The number of carbonyl (C=O) groups excluding carboxylic acids is 2. The molecule has 29 heavy (non-hydrogen) atoms. The van der Waals surface area contributed by atoms with Crippen LogP contribution in [-0.2, 0) is 16.0 Å². The number of hydrogen-bond donors (Lipinski definition) is 0. The zero-order valence-corrected chi connectivity index (χ0v) is 16.7. The summed E-state index contributed by atoms with van der Waals surface area (Å²) in [5.41, 5.74) is 1.88. The van der Waals surface area contributed by atoms with Crippen molar-refractivity contribution < 1.29 is 18.7 Å². The summed E-state index contributed by atoms with van der Waals surface area (Å²) in [6.07, 6.45) is 0.267. The third-order valence-corrected chi connectivity index (χ3v) is 6.15. The van der Waals surface area contributed by atoms with E-state index in [1.54, 1.807) is 26.2 Å². The number of halogens is 1. The minimum Gasteiger partial charge on any atom is -0.497 e. The summed E-state index contributed by atoms with van der Waals surface area (Å²) >= 11 is 0. The van der Waals surface area contributed by atoms with Crippen LogP contribution in [0.25, 0.3) is 0 Å². The van der Waals surface area contributed by atoms with Crippen LogP contribution in [0.5, 0.6) is 5.75 Å². The molecule has 2 aliphatic heterocycles. The second-order valence-corrected chi connectivity index (χ2v) is 7.92. The molecule has 152 valence electrons. The lowest BCUT2D eigenvalue weighted by Crippen LogP contribution is -2.37. The Labute approximate surface area is 170 Å². The van der Waals surface area contributed by atoms with Crippen molar-refractivity contribution in [3.63, 3.8) is 0 Å². The number of ether oxygens (including phenoxy) is 1. The van der Waals surface area contributed by atoms with E-state index in [-0.39, 0.29) is 41.9 Å². The Balaban J connectivity index is 1.50. The Bertz CT molecular complexity index is 897. The number of amides is 2. The van der Waals surface area contributed by atoms with E-state index >= 15 is 0 Å². The van der Waals surface area contributed by atoms with Crippen LogP contribution in [0.4, 0.5) is 4.39 Å². The highest BCUT2D eigenvalue weighted by molar-refractivity contribution is 5.79. The number of likely N-dealkylation sites (tertiary alicyclic amines) is 2. The van der Waals surface area contributed by atoms with Gasteiger partial charge in [0.05, 0.1) is 19.6 Å². The molecule has 0 bridgehead atoms. The van der Waals surface area contributed by atoms with E-state index in [2.05, 4.69) is 0 Å². The number of methoxy groups -OCH3 is 1. The quantitative estimate of drug-likeness (QED) is 0.798. The van der Waals surface area contributed by atoms with Crippen LogP contribution in [-0.4, -0.2) is 48.4 Å². The molecule has 2 aliphatic rings. The van der Waals surface area contributed by atoms with Gasteiger partial charge in [0.25, 0.3) is 0 Å². The average molecular weight is 396 g/mol. The monoisotopic (exact) mass is 396 g/mol. The number of benzene rings is 2. The van der Waals surface area contributed by atoms with Gasteiger partial charge in [-0.25, -0.2) is 4.39 Å². The lowest BCUT2D eigenvalue weighted by atomic mass is 9.89. The maximum absolute atomic E-state index is 13.1. The molecule has 0 aromatic heterocycles. The summed E-state index contributed by atoms with van der Waals surface area (Å²) < 4.78 is 18.3. The van der Waals surface area contributed by atoms with Crippen molar-refractivity contribution in [2.24, 2.45) is 11.8 Å². The maximum Gasteiger partial charge on any atom is 0.227 e. The van der Waals surface area contributed by atoms with Crippen LogP contribution in [0.2, 0.25) is 0 Å². The molecule has 2 heterocycles. The van der Waals surface area contributed by atoms with Gasteiger partial charge in [0.2, 0.25) is 11.8 Å². The predicted molar refractivity (Wildman–Crippen MR) is 107 cm³/mol. The van der Waals surface area contributed by atoms with E-state index < -0.39 is 0 Å². The topological polar surface area (TPSA) is 49.9 Å². The van der Waals surface area contributed by atoms with Crippen LogP contribution >= 0.6 is 0 Å². The molecular formula is C23H25FN2O3. The number of hydrogen-bond acceptors (Lipinski definition) is 3. The third-order valence-electron chi connectivity index (χ3n) is 6.15. The summed E-state index contributed by atoms with van der Waals surface area (Å²) in [6.45, 7) is 3.55. The van der Waals surface area contributed by atoms with Crippen LogP contribution in [0.15, 0.2) is 48.5 Å². The lowest BCUT2D eigenvalue weighted by Gasteiger charge is -2.29. The summed E-state index contributed by atoms with van der Waals surface area (Å²) in [5, 5.41) is 0. The SMILES string of the molecule is COc1ccc([C@H]2[C@@H]3CN(C(=O)Cc4ccc(F)cc4)C[C@@H]3CN2C(C)=O)cc1. The molecule has 2 aromatic carbocycles. The van der Waals surface area contributed by atoms with Gasteiger partial charge in [0.15, 0.2) is 0 Å². The zero-order valence-electron chi connectivity index (χ0n) is 16.7. The van der Waals surface area contributed by atoms with E-state index in [0.717, 1.165) is 16.9 Å². The van der Waals surface area contributed by atoms with E-state index in [1.807, 2.05) is 34.1 Å². The summed E-state index contributed by atoms with van der Waals surface area (Å²) in [7, 11) is 1.63. The number of fused-ring (bicyclic) bond motifs is 1. The first kappa shape index (κ1) is 19.4. The fourth-order valence-electron chi connectivity index (χ4n) is 4.69. The van der Waals surface area contributed by atoms with Crippen molar-refractivity contribution in [1.82, 2.24) is 9.80 Å². The molecule has 5 nitrogen and oxygen atoms in total. The maximum atomic E-state index is 13.1. The molecular weight excluding hydrogens is 371 g/mol. The Morgan fingerprint density at radius 2 is 1.72 bits per heavy atom. The highest BCUT2D eigenvalue weighted by Crippen LogP contribution is 2.45. The van der Waals surface area contributed by atoms with E-state index in [0.29, 0.717) is 19.6 Å². The Morgan fingerprint density at radius 3 is 2.34 bits per heavy atom. The zero-order chi connectivity index (χ0) is 20.5. The standard InChI is InChI=1S/C23H25FN2O3/c1-15(27)26-13-18-12-25(22(28)11-16-3-7-19(24)8-4-16)14-21(18)23(26)17-5-9-20(29-2)10-6-17/h3-10,18,21,23H,11-14H2,1-2H3/t18-,21-,23+/m1/s1. The van der Waals surface area contributed by atoms with Crippen molar-refractivity contribution in [3.8, 4) is 5.75 Å². The van der Waals surface area contributed by atoms with Gasteiger partial charge in [-0.1, -0.05) is 24.3 Å². The lowest BCUT2D eigenvalue weighted by molar-refractivity contribution is -0.131. The van der Waals surface area contributed by atoms with Gasteiger partial charge >= 0.3 is 0 Å². The fraction of sp³-hybridized carbons (Fsp3) is 0.391. The number of carbonyl (C=O) groups is 2. The minimum absolute atomic E-state index is 0.0352. The van der Waals surface area contributed by atoms with Crippen LogP contribution < -0.4 is 4.74 Å². The molecule has 6 heteroatoms. The van der Waals surface area contributed by atoms with Crippen LogP contribution in [0, 0.1) is 17.7 Å². The smallest absolute Gasteiger partial charge is 0.227 e. The van der Waals surface area contributed by atoms with E-state index in [4.69, 9.17) is 4.74 Å². The summed E-state index contributed by atoms with van der Waals surface area (Å²) in [4.78, 5) is 28.9. The first-order valence-electron chi connectivity index (χ1n) is 9.89. The van der Waals surface area contributed by atoms with Gasteiger partial charge in [0.1, 0.15) is 11.6 Å². The second kappa shape index (κ2) is 7.85. The molecule has 2 fully saturated rings. The van der Waals surface area contributed by atoms with Crippen molar-refractivity contribution in [2.75, 3.05) is 26.7 Å². The first-order valence-corrected chi connectivity index (χ1v) is 9.89. The van der Waals surface area contributed by atoms with Crippen molar-refractivity contribution in [1.29, 1.82) is 0 Å². The number of nitrogens with zero attached hydrogens (tertiary/aromatic N) is 2. The summed E-state index contributed by atoms with van der Waals surface area (Å²) in [5.74, 6) is 1.06. The van der Waals surface area contributed by atoms with Gasteiger partial charge in [-0.05, 0) is 35.4 Å². The molecule has 2 aromatic rings. The molecule has 0 unspecified atom stereocenters. The molecule has 0 saturated carbocycles. The fourth-order valence-corrected chi connectivity index (χ4v) is 4.69. The van der Waals surface area contributed by atoms with Crippen molar-refractivity contribution in [2.45, 2.75) is 19.4 Å². The molecule has 4 rings (SSSR count). The predicted octanol–water partition coefficient (Wildman–Crippen LogP) is 3.05. The average Bonchev–Trinajstić information content (AvgIpc) is 3.28. The molecule has 0 radical (unpaired) electrons. The molecule has 0 aliphatic carbocycles. The molecule has 3 atom stereocenters. The largest absolute Gasteiger partial charge is 0.497 e.